The number of unbranched alkanes of at least 4 members (excludes halogenated alkanes) is 2. The molecule has 3 nitrogen and oxygen atoms in total. The van der Waals surface area contributed by atoms with Gasteiger partial charge in [0, 0.05) is 12.1 Å². The average molecular weight is 272 g/mol. The van der Waals surface area contributed by atoms with Gasteiger partial charge in [-0.05, 0) is 25.0 Å². The zero-order chi connectivity index (χ0) is 14.4. The maximum absolute atomic E-state index is 12.8. The summed E-state index contributed by atoms with van der Waals surface area (Å²) < 4.78 is 1.91. The number of nitrogens with zero attached hydrogens (tertiary/aromatic N) is 2. The van der Waals surface area contributed by atoms with Crippen LogP contribution in [-0.4, -0.2) is 15.2 Å². The van der Waals surface area contributed by atoms with E-state index in [-0.39, 0.29) is 11.7 Å². The fraction of sp³-hybridized carbons (Fsp3) is 0.529. The first kappa shape index (κ1) is 14.8. The average Bonchev–Trinajstić information content (AvgIpc) is 2.91. The summed E-state index contributed by atoms with van der Waals surface area (Å²) in [6, 6.07) is 5.82. The van der Waals surface area contributed by atoms with Crippen LogP contribution in [0.4, 0.5) is 0 Å². The van der Waals surface area contributed by atoms with Gasteiger partial charge in [0.25, 0.3) is 0 Å². The molecule has 2 aromatic rings. The van der Waals surface area contributed by atoms with Crippen LogP contribution >= 0.6 is 0 Å². The van der Waals surface area contributed by atoms with Crippen molar-refractivity contribution in [3.8, 4) is 0 Å². The molecule has 0 unspecified atom stereocenters. The molecule has 0 bridgehead atoms. The van der Waals surface area contributed by atoms with E-state index in [9.17, 15) is 4.79 Å². The van der Waals surface area contributed by atoms with Crippen LogP contribution in [0.1, 0.15) is 62.9 Å². The molecular weight excluding hydrogens is 248 g/mol. The van der Waals surface area contributed by atoms with Gasteiger partial charge in [0.2, 0.25) is 0 Å². The van der Waals surface area contributed by atoms with Crippen molar-refractivity contribution in [2.75, 3.05) is 0 Å². The Hall–Kier alpha value is -1.64. The highest BCUT2D eigenvalue weighted by atomic mass is 16.1. The first-order chi connectivity index (χ1) is 9.77. The van der Waals surface area contributed by atoms with Crippen LogP contribution < -0.4 is 0 Å². The summed E-state index contributed by atoms with van der Waals surface area (Å²) in [6.07, 6.45) is 10.2. The number of rotatable bonds is 8. The Morgan fingerprint density at radius 3 is 2.55 bits per heavy atom. The van der Waals surface area contributed by atoms with Crippen molar-refractivity contribution in [1.29, 1.82) is 0 Å². The molecule has 0 saturated carbocycles. The fourth-order valence-electron chi connectivity index (χ4n) is 2.63. The van der Waals surface area contributed by atoms with Gasteiger partial charge in [-0.3, -0.25) is 9.20 Å². The van der Waals surface area contributed by atoms with E-state index in [2.05, 4.69) is 18.8 Å². The molecule has 0 N–H and O–H groups in total. The molecule has 0 atom stereocenters. The molecule has 0 radical (unpaired) electrons. The number of carbonyl (C=O) groups excluding carboxylic acids is 1. The van der Waals surface area contributed by atoms with Crippen molar-refractivity contribution in [1.82, 2.24) is 9.38 Å². The predicted molar refractivity (Wildman–Crippen MR) is 82.1 cm³/mol. The monoisotopic (exact) mass is 272 g/mol. The second-order valence-corrected chi connectivity index (χ2v) is 5.42. The number of pyridine rings is 1. The summed E-state index contributed by atoms with van der Waals surface area (Å²) >= 11 is 0. The number of aromatic nitrogens is 2. The van der Waals surface area contributed by atoms with E-state index in [1.54, 1.807) is 6.20 Å². The van der Waals surface area contributed by atoms with Crippen LogP contribution in [0, 0.1) is 5.92 Å². The van der Waals surface area contributed by atoms with Crippen LogP contribution in [0.25, 0.3) is 5.65 Å². The topological polar surface area (TPSA) is 34.4 Å². The third-order valence-electron chi connectivity index (χ3n) is 3.85. The third-order valence-corrected chi connectivity index (χ3v) is 3.85. The standard InChI is InChI=1S/C17H24N2O/c1-3-5-9-14(10-6-4-2)17(20)15-13-18-16-11-7-8-12-19(15)16/h7-8,11-14H,3-6,9-10H2,1-2H3. The minimum atomic E-state index is 0.148. The van der Waals surface area contributed by atoms with Gasteiger partial charge in [0.05, 0.1) is 6.20 Å². The van der Waals surface area contributed by atoms with Crippen molar-refractivity contribution in [3.05, 3.63) is 36.3 Å². The Morgan fingerprint density at radius 1 is 1.20 bits per heavy atom. The predicted octanol–water partition coefficient (Wildman–Crippen LogP) is 4.51. The zero-order valence-corrected chi connectivity index (χ0v) is 12.5. The van der Waals surface area contributed by atoms with E-state index in [0.717, 1.165) is 49.9 Å². The number of imidazole rings is 1. The second-order valence-electron chi connectivity index (χ2n) is 5.42. The first-order valence-corrected chi connectivity index (χ1v) is 7.74. The molecule has 0 aliphatic heterocycles. The van der Waals surface area contributed by atoms with Gasteiger partial charge in [0.15, 0.2) is 5.78 Å². The zero-order valence-electron chi connectivity index (χ0n) is 12.5. The van der Waals surface area contributed by atoms with Crippen molar-refractivity contribution in [3.63, 3.8) is 0 Å². The molecule has 0 spiro atoms. The van der Waals surface area contributed by atoms with Crippen LogP contribution in [0.5, 0.6) is 0 Å². The highest BCUT2D eigenvalue weighted by molar-refractivity contribution is 5.96. The van der Waals surface area contributed by atoms with Gasteiger partial charge < -0.3 is 0 Å². The normalized spacial score (nSPS) is 11.3. The number of carbonyl (C=O) groups is 1. The van der Waals surface area contributed by atoms with E-state index in [0.29, 0.717) is 0 Å². The quantitative estimate of drug-likeness (QED) is 0.662. The molecule has 2 rings (SSSR count). The molecule has 0 aliphatic rings. The summed E-state index contributed by atoms with van der Waals surface area (Å²) in [5, 5.41) is 0. The van der Waals surface area contributed by atoms with Crippen LogP contribution in [0.2, 0.25) is 0 Å². The Labute approximate surface area is 121 Å². The Bertz CT molecular complexity index is 551. The summed E-state index contributed by atoms with van der Waals surface area (Å²) in [5.41, 5.74) is 1.58. The van der Waals surface area contributed by atoms with Gasteiger partial charge >= 0.3 is 0 Å². The number of Topliss-reactive ketones (excluding diaryl/α,β-unsaturated/α-hetero) is 1. The molecule has 0 aromatic carbocycles. The van der Waals surface area contributed by atoms with Crippen molar-refractivity contribution < 1.29 is 4.79 Å². The summed E-state index contributed by atoms with van der Waals surface area (Å²) in [7, 11) is 0. The van der Waals surface area contributed by atoms with Crippen molar-refractivity contribution in [2.24, 2.45) is 5.92 Å². The Balaban J connectivity index is 2.21. The van der Waals surface area contributed by atoms with E-state index < -0.39 is 0 Å². The minimum Gasteiger partial charge on any atom is -0.297 e. The van der Waals surface area contributed by atoms with Crippen LogP contribution in [-0.2, 0) is 0 Å². The maximum atomic E-state index is 12.8. The molecule has 20 heavy (non-hydrogen) atoms. The molecule has 2 heterocycles. The van der Waals surface area contributed by atoms with Gasteiger partial charge in [0.1, 0.15) is 11.3 Å². The van der Waals surface area contributed by atoms with Gasteiger partial charge in [-0.15, -0.1) is 0 Å². The lowest BCUT2D eigenvalue weighted by Gasteiger charge is -2.14. The highest BCUT2D eigenvalue weighted by Crippen LogP contribution is 2.22. The molecule has 3 heteroatoms. The molecular formula is C17H24N2O. The van der Waals surface area contributed by atoms with Gasteiger partial charge in [-0.25, -0.2) is 4.98 Å². The maximum Gasteiger partial charge on any atom is 0.184 e. The third kappa shape index (κ3) is 3.27. The Kier molecular flexibility index (Phi) is 5.33. The fourth-order valence-corrected chi connectivity index (χ4v) is 2.63. The van der Waals surface area contributed by atoms with Gasteiger partial charge in [-0.1, -0.05) is 45.6 Å². The molecule has 108 valence electrons. The SMILES string of the molecule is CCCCC(CCCC)C(=O)c1cnc2ccccn12. The number of hydrogen-bond donors (Lipinski definition) is 0. The smallest absolute Gasteiger partial charge is 0.184 e. The lowest BCUT2D eigenvalue weighted by Crippen LogP contribution is -2.17. The number of hydrogen-bond acceptors (Lipinski definition) is 2. The van der Waals surface area contributed by atoms with E-state index >= 15 is 0 Å². The lowest BCUT2D eigenvalue weighted by atomic mass is 9.90. The highest BCUT2D eigenvalue weighted by Gasteiger charge is 2.22. The van der Waals surface area contributed by atoms with E-state index in [1.807, 2.05) is 28.8 Å². The largest absolute Gasteiger partial charge is 0.297 e. The number of fused-ring (bicyclic) bond motifs is 1. The molecule has 0 amide bonds. The second kappa shape index (κ2) is 7.22. The number of ketones is 1. The summed E-state index contributed by atoms with van der Waals surface area (Å²) in [4.78, 5) is 17.1. The van der Waals surface area contributed by atoms with Gasteiger partial charge in [-0.2, -0.15) is 0 Å². The Morgan fingerprint density at radius 2 is 1.90 bits per heavy atom. The van der Waals surface area contributed by atoms with Crippen molar-refractivity contribution in [2.45, 2.75) is 52.4 Å². The summed E-state index contributed by atoms with van der Waals surface area (Å²) in [6.45, 7) is 4.35. The molecule has 0 saturated heterocycles. The lowest BCUT2D eigenvalue weighted by molar-refractivity contribution is 0.0896. The van der Waals surface area contributed by atoms with Crippen LogP contribution in [0.3, 0.4) is 0 Å². The van der Waals surface area contributed by atoms with Crippen molar-refractivity contribution >= 4 is 11.4 Å². The molecule has 2 aromatic heterocycles. The van der Waals surface area contributed by atoms with Crippen LogP contribution in [0.15, 0.2) is 30.6 Å². The molecule has 0 fully saturated rings. The molecule has 0 aliphatic carbocycles. The minimum absolute atomic E-state index is 0.148. The first-order valence-electron chi connectivity index (χ1n) is 7.74. The van der Waals surface area contributed by atoms with E-state index in [4.69, 9.17) is 0 Å². The van der Waals surface area contributed by atoms with E-state index in [1.165, 1.54) is 0 Å². The summed E-state index contributed by atoms with van der Waals surface area (Å²) in [5.74, 6) is 0.403.